The third-order valence-electron chi connectivity index (χ3n) is 3.43. The Morgan fingerprint density at radius 3 is 2.10 bits per heavy atom. The van der Waals surface area contributed by atoms with Crippen LogP contribution < -0.4 is 4.74 Å². The van der Waals surface area contributed by atoms with Crippen molar-refractivity contribution in [2.45, 2.75) is 11.8 Å². The van der Waals surface area contributed by atoms with Gasteiger partial charge in [-0.15, -0.1) is 0 Å². The number of ether oxygens (including phenoxy) is 1. The summed E-state index contributed by atoms with van der Waals surface area (Å²) in [5, 5.41) is 9.79. The Morgan fingerprint density at radius 2 is 1.70 bits per heavy atom. The fourth-order valence-corrected chi connectivity index (χ4v) is 2.33. The molecule has 0 aliphatic carbocycles. The summed E-state index contributed by atoms with van der Waals surface area (Å²) in [5.74, 6) is 0.818. The quantitative estimate of drug-likeness (QED) is 0.763. The molecule has 0 saturated carbocycles. The monoisotopic (exact) mass is 275 g/mol. The summed E-state index contributed by atoms with van der Waals surface area (Å²) in [5.41, 5.74) is 0.566. The first-order chi connectivity index (χ1) is 9.43. The zero-order valence-corrected chi connectivity index (χ0v) is 13.2. The van der Waals surface area contributed by atoms with Gasteiger partial charge in [0.2, 0.25) is 0 Å². The zero-order valence-electron chi connectivity index (χ0n) is 13.2. The number of nitriles is 1. The van der Waals surface area contributed by atoms with Gasteiger partial charge in [0.25, 0.3) is 0 Å². The van der Waals surface area contributed by atoms with Crippen LogP contribution in [0.4, 0.5) is 0 Å². The van der Waals surface area contributed by atoms with Gasteiger partial charge in [0.1, 0.15) is 5.75 Å². The number of likely N-dealkylation sites (N-methyl/N-ethyl adjacent to an activating group) is 1. The van der Waals surface area contributed by atoms with Crippen molar-refractivity contribution >= 4 is 0 Å². The molecule has 1 atom stereocenters. The lowest BCUT2D eigenvalue weighted by molar-refractivity contribution is 0.284. The first-order valence-electron chi connectivity index (χ1n) is 6.79. The highest BCUT2D eigenvalue weighted by Gasteiger charge is 2.33. The molecule has 4 nitrogen and oxygen atoms in total. The molecular weight excluding hydrogens is 250 g/mol. The van der Waals surface area contributed by atoms with E-state index < -0.39 is 5.41 Å². The molecule has 0 amide bonds. The maximum Gasteiger partial charge on any atom is 0.118 e. The summed E-state index contributed by atoms with van der Waals surface area (Å²) in [6, 6.07) is 10.4. The van der Waals surface area contributed by atoms with E-state index in [0.717, 1.165) is 24.3 Å². The van der Waals surface area contributed by atoms with E-state index in [4.69, 9.17) is 4.74 Å². The number of hydrogen-bond donors (Lipinski definition) is 0. The van der Waals surface area contributed by atoms with Gasteiger partial charge in [-0.2, -0.15) is 5.26 Å². The highest BCUT2D eigenvalue weighted by atomic mass is 16.5. The lowest BCUT2D eigenvalue weighted by Gasteiger charge is -2.31. The lowest BCUT2D eigenvalue weighted by atomic mass is 9.78. The minimum atomic E-state index is -0.486. The van der Waals surface area contributed by atoms with Crippen LogP contribution in [0.25, 0.3) is 0 Å². The Hall–Kier alpha value is -1.57. The van der Waals surface area contributed by atoms with E-state index in [0.29, 0.717) is 6.54 Å². The fourth-order valence-electron chi connectivity index (χ4n) is 2.33. The maximum atomic E-state index is 9.79. The van der Waals surface area contributed by atoms with Crippen LogP contribution in [0.1, 0.15) is 12.0 Å². The Bertz CT molecular complexity index is 448. The predicted molar refractivity (Wildman–Crippen MR) is 82.0 cm³/mol. The minimum absolute atomic E-state index is 0.486. The van der Waals surface area contributed by atoms with E-state index in [1.165, 1.54) is 0 Å². The van der Waals surface area contributed by atoms with E-state index in [2.05, 4.69) is 15.9 Å². The van der Waals surface area contributed by atoms with E-state index in [1.807, 2.05) is 52.5 Å². The van der Waals surface area contributed by atoms with Gasteiger partial charge in [0.05, 0.1) is 18.6 Å². The van der Waals surface area contributed by atoms with Crippen LogP contribution in [0.2, 0.25) is 0 Å². The SMILES string of the molecule is COc1ccc(C(C#N)(CCN(C)C)CN(C)C)cc1. The number of hydrogen-bond acceptors (Lipinski definition) is 4. The fraction of sp³-hybridized carbons (Fsp3) is 0.562. The van der Waals surface area contributed by atoms with Gasteiger partial charge in [-0.1, -0.05) is 12.1 Å². The van der Waals surface area contributed by atoms with E-state index in [1.54, 1.807) is 7.11 Å². The molecule has 0 fully saturated rings. The number of benzene rings is 1. The van der Waals surface area contributed by atoms with Crippen LogP contribution in [0.15, 0.2) is 24.3 Å². The van der Waals surface area contributed by atoms with Crippen LogP contribution in [0, 0.1) is 11.3 Å². The molecule has 0 aliphatic rings. The Kier molecular flexibility index (Phi) is 6.00. The van der Waals surface area contributed by atoms with Gasteiger partial charge >= 0.3 is 0 Å². The Morgan fingerprint density at radius 1 is 1.10 bits per heavy atom. The van der Waals surface area contributed by atoms with Gasteiger partial charge in [-0.3, -0.25) is 0 Å². The molecule has 0 heterocycles. The van der Waals surface area contributed by atoms with Crippen LogP contribution in [0.5, 0.6) is 5.75 Å². The predicted octanol–water partition coefficient (Wildman–Crippen LogP) is 1.97. The summed E-state index contributed by atoms with van der Waals surface area (Å²) in [6.07, 6.45) is 0.807. The van der Waals surface area contributed by atoms with Crippen molar-refractivity contribution < 1.29 is 4.74 Å². The van der Waals surface area contributed by atoms with Crippen LogP contribution >= 0.6 is 0 Å². The minimum Gasteiger partial charge on any atom is -0.497 e. The van der Waals surface area contributed by atoms with Crippen LogP contribution in [-0.2, 0) is 5.41 Å². The van der Waals surface area contributed by atoms with Crippen molar-refractivity contribution in [1.82, 2.24) is 9.80 Å². The molecule has 0 radical (unpaired) electrons. The van der Waals surface area contributed by atoms with Crippen molar-refractivity contribution in [3.63, 3.8) is 0 Å². The molecule has 1 unspecified atom stereocenters. The average Bonchev–Trinajstić information content (AvgIpc) is 2.43. The first-order valence-corrected chi connectivity index (χ1v) is 6.79. The average molecular weight is 275 g/mol. The molecular formula is C16H25N3O. The lowest BCUT2D eigenvalue weighted by Crippen LogP contribution is -2.39. The van der Waals surface area contributed by atoms with E-state index >= 15 is 0 Å². The number of methoxy groups -OCH3 is 1. The van der Waals surface area contributed by atoms with Crippen LogP contribution in [-0.4, -0.2) is 58.2 Å². The Balaban J connectivity index is 3.09. The summed E-state index contributed by atoms with van der Waals surface area (Å²) in [4.78, 5) is 4.19. The number of nitrogens with zero attached hydrogens (tertiary/aromatic N) is 3. The molecule has 1 aromatic carbocycles. The van der Waals surface area contributed by atoms with Crippen molar-refractivity contribution in [2.24, 2.45) is 0 Å². The van der Waals surface area contributed by atoms with Crippen molar-refractivity contribution in [3.05, 3.63) is 29.8 Å². The van der Waals surface area contributed by atoms with Gasteiger partial charge in [-0.25, -0.2) is 0 Å². The van der Waals surface area contributed by atoms with E-state index in [-0.39, 0.29) is 0 Å². The second kappa shape index (κ2) is 7.28. The first kappa shape index (κ1) is 16.5. The van der Waals surface area contributed by atoms with Gasteiger partial charge in [0.15, 0.2) is 0 Å². The topological polar surface area (TPSA) is 39.5 Å². The summed E-state index contributed by atoms with van der Waals surface area (Å²) >= 11 is 0. The van der Waals surface area contributed by atoms with E-state index in [9.17, 15) is 5.26 Å². The normalized spacial score (nSPS) is 14.1. The van der Waals surface area contributed by atoms with Gasteiger partial charge < -0.3 is 14.5 Å². The molecule has 0 bridgehead atoms. The van der Waals surface area contributed by atoms with Gasteiger partial charge in [0, 0.05) is 6.54 Å². The molecule has 4 heteroatoms. The highest BCUT2D eigenvalue weighted by molar-refractivity contribution is 5.37. The van der Waals surface area contributed by atoms with Crippen molar-refractivity contribution in [2.75, 3.05) is 48.4 Å². The molecule has 0 aromatic heterocycles. The molecule has 0 saturated heterocycles. The molecule has 0 N–H and O–H groups in total. The molecule has 1 rings (SSSR count). The third kappa shape index (κ3) is 4.22. The molecule has 20 heavy (non-hydrogen) atoms. The number of rotatable bonds is 7. The van der Waals surface area contributed by atoms with Gasteiger partial charge in [-0.05, 0) is 58.9 Å². The maximum absolute atomic E-state index is 9.79. The third-order valence-corrected chi connectivity index (χ3v) is 3.43. The van der Waals surface area contributed by atoms with Crippen molar-refractivity contribution in [3.8, 4) is 11.8 Å². The standard InChI is InChI=1S/C16H25N3O/c1-18(2)11-10-16(12-17,13-19(3)4)14-6-8-15(20-5)9-7-14/h6-9H,10-11,13H2,1-5H3. The van der Waals surface area contributed by atoms with Crippen LogP contribution in [0.3, 0.4) is 0 Å². The molecule has 110 valence electrons. The molecule has 0 aliphatic heterocycles. The highest BCUT2D eigenvalue weighted by Crippen LogP contribution is 2.30. The molecule has 1 aromatic rings. The summed E-state index contributed by atoms with van der Waals surface area (Å²) < 4.78 is 5.19. The zero-order chi connectivity index (χ0) is 15.2. The second-order valence-corrected chi connectivity index (χ2v) is 5.71. The smallest absolute Gasteiger partial charge is 0.118 e. The van der Waals surface area contributed by atoms with Crippen molar-refractivity contribution in [1.29, 1.82) is 5.26 Å². The summed E-state index contributed by atoms with van der Waals surface area (Å²) in [6.45, 7) is 1.59. The largest absolute Gasteiger partial charge is 0.497 e. The summed E-state index contributed by atoms with van der Waals surface area (Å²) in [7, 11) is 9.73. The second-order valence-electron chi connectivity index (χ2n) is 5.71. The molecule has 0 spiro atoms. The Labute approximate surface area is 122 Å².